The van der Waals surface area contributed by atoms with Crippen molar-refractivity contribution in [2.75, 3.05) is 37.4 Å². The average molecular weight is 679 g/mol. The van der Waals surface area contributed by atoms with Crippen LogP contribution in [-0.4, -0.2) is 63.6 Å². The van der Waals surface area contributed by atoms with E-state index >= 15 is 0 Å². The molecule has 7 rings (SSSR count). The molecule has 1 amide bonds. The van der Waals surface area contributed by atoms with Crippen molar-refractivity contribution < 1.29 is 4.79 Å². The maximum atomic E-state index is 14.5. The number of anilines is 2. The Kier molecular flexibility index (Phi) is 8.96. The molecule has 48 heavy (non-hydrogen) atoms. The average Bonchev–Trinajstić information content (AvgIpc) is 3.70. The van der Waals surface area contributed by atoms with Gasteiger partial charge in [0.15, 0.2) is 5.82 Å². The summed E-state index contributed by atoms with van der Waals surface area (Å²) in [6.07, 6.45) is 5.69. The first kappa shape index (κ1) is 31.9. The Morgan fingerprint density at radius 3 is 2.40 bits per heavy atom. The predicted molar refractivity (Wildman–Crippen MR) is 196 cm³/mol. The highest BCUT2D eigenvalue weighted by atomic mass is 35.5. The van der Waals surface area contributed by atoms with Crippen LogP contribution in [0.5, 0.6) is 0 Å². The molecule has 3 aromatic carbocycles. The number of hydrogen-bond acceptors (Lipinski definition) is 5. The maximum Gasteiger partial charge on any atom is 0.272 e. The molecule has 4 heterocycles. The van der Waals surface area contributed by atoms with Crippen LogP contribution < -0.4 is 10.2 Å². The molecule has 1 saturated heterocycles. The van der Waals surface area contributed by atoms with Crippen molar-refractivity contribution >= 4 is 51.5 Å². The van der Waals surface area contributed by atoms with Gasteiger partial charge in [0, 0.05) is 57.4 Å². The number of carbonyl (C=O) groups excluding carboxylic acids is 1. The lowest BCUT2D eigenvalue weighted by Crippen LogP contribution is -2.42. The molecule has 0 radical (unpaired) electrons. The summed E-state index contributed by atoms with van der Waals surface area (Å²) in [5.74, 6) is 0.496. The molecule has 0 spiro atoms. The minimum atomic E-state index is -0.277. The number of rotatable bonds is 8. The lowest BCUT2D eigenvalue weighted by atomic mass is 9.99. The van der Waals surface area contributed by atoms with E-state index in [-0.39, 0.29) is 11.9 Å². The topological polar surface area (TPSA) is 82.1 Å². The summed E-state index contributed by atoms with van der Waals surface area (Å²) in [7, 11) is 4.26. The number of nitrogens with zero attached hydrogens (tertiary/aromatic N) is 5. The third kappa shape index (κ3) is 6.19. The summed E-state index contributed by atoms with van der Waals surface area (Å²) in [5.41, 5.74) is 6.17. The number of aromatic amines is 1. The Morgan fingerprint density at radius 1 is 0.938 bits per heavy atom. The third-order valence-corrected chi connectivity index (χ3v) is 9.85. The highest BCUT2D eigenvalue weighted by Crippen LogP contribution is 2.42. The number of amides is 1. The first-order valence-electron chi connectivity index (χ1n) is 16.2. The Morgan fingerprint density at radius 2 is 1.67 bits per heavy atom. The monoisotopic (exact) mass is 677 g/mol. The molecular formula is C38H37Cl2N7O. The third-order valence-electron chi connectivity index (χ3n) is 9.36. The molecule has 1 aliphatic heterocycles. The van der Waals surface area contributed by atoms with Gasteiger partial charge >= 0.3 is 0 Å². The molecule has 1 unspecified atom stereocenters. The number of benzene rings is 3. The van der Waals surface area contributed by atoms with Crippen molar-refractivity contribution in [3.63, 3.8) is 0 Å². The maximum absolute atomic E-state index is 14.5. The fourth-order valence-electron chi connectivity index (χ4n) is 6.72. The van der Waals surface area contributed by atoms with Crippen LogP contribution in [-0.2, 0) is 0 Å². The number of aromatic nitrogens is 4. The summed E-state index contributed by atoms with van der Waals surface area (Å²) >= 11 is 12.7. The number of piperidine rings is 1. The number of hydrogen-bond donors (Lipinski definition) is 2. The molecule has 244 valence electrons. The van der Waals surface area contributed by atoms with Gasteiger partial charge in [0.05, 0.1) is 29.4 Å². The van der Waals surface area contributed by atoms with E-state index in [0.29, 0.717) is 27.5 Å². The van der Waals surface area contributed by atoms with Crippen molar-refractivity contribution in [3.05, 3.63) is 119 Å². The predicted octanol–water partition coefficient (Wildman–Crippen LogP) is 8.79. The van der Waals surface area contributed by atoms with Crippen molar-refractivity contribution in [1.82, 2.24) is 24.4 Å². The van der Waals surface area contributed by atoms with E-state index in [0.717, 1.165) is 70.7 Å². The number of carbonyl (C=O) groups is 1. The number of imidazole rings is 1. The molecule has 6 aromatic rings. The van der Waals surface area contributed by atoms with Gasteiger partial charge in [-0.1, -0.05) is 71.7 Å². The molecule has 1 fully saturated rings. The SMILES string of the molecule is CC(c1ccc(Cl)cc1)n1cnc(-c2ccccc2)c1-c1c(C(=O)Nc2cccnc2N2CCC(N(C)C)CC2)[nH]c2cc(Cl)ccc12. The van der Waals surface area contributed by atoms with Gasteiger partial charge in [-0.3, -0.25) is 4.79 Å². The second-order valence-electron chi connectivity index (χ2n) is 12.5. The smallest absolute Gasteiger partial charge is 0.272 e. The van der Waals surface area contributed by atoms with E-state index < -0.39 is 0 Å². The van der Waals surface area contributed by atoms with Crippen molar-refractivity contribution in [1.29, 1.82) is 0 Å². The van der Waals surface area contributed by atoms with Crippen LogP contribution in [0.15, 0.2) is 97.5 Å². The van der Waals surface area contributed by atoms with Crippen LogP contribution in [0.2, 0.25) is 10.0 Å². The Hall–Kier alpha value is -4.63. The van der Waals surface area contributed by atoms with E-state index in [1.54, 1.807) is 6.20 Å². The van der Waals surface area contributed by atoms with Gasteiger partial charge in [-0.05, 0) is 75.8 Å². The minimum Gasteiger partial charge on any atom is -0.355 e. The largest absolute Gasteiger partial charge is 0.355 e. The van der Waals surface area contributed by atoms with Crippen LogP contribution >= 0.6 is 23.2 Å². The zero-order valence-electron chi connectivity index (χ0n) is 27.1. The first-order chi connectivity index (χ1) is 23.3. The normalized spacial score (nSPS) is 14.5. The molecule has 2 N–H and O–H groups in total. The second-order valence-corrected chi connectivity index (χ2v) is 13.4. The molecule has 8 nitrogen and oxygen atoms in total. The highest BCUT2D eigenvalue weighted by Gasteiger charge is 2.29. The lowest BCUT2D eigenvalue weighted by Gasteiger charge is -2.36. The number of fused-ring (bicyclic) bond motifs is 1. The van der Waals surface area contributed by atoms with Gasteiger partial charge < -0.3 is 24.7 Å². The van der Waals surface area contributed by atoms with E-state index in [1.165, 1.54) is 0 Å². The van der Waals surface area contributed by atoms with E-state index in [9.17, 15) is 4.79 Å². The number of halogens is 2. The Bertz CT molecular complexity index is 2060. The summed E-state index contributed by atoms with van der Waals surface area (Å²) in [4.78, 5) is 32.2. The number of nitrogens with one attached hydrogen (secondary N) is 2. The quantitative estimate of drug-likeness (QED) is 0.168. The molecule has 0 bridgehead atoms. The van der Waals surface area contributed by atoms with Gasteiger partial charge in [0.25, 0.3) is 5.91 Å². The Labute approximate surface area is 290 Å². The zero-order valence-corrected chi connectivity index (χ0v) is 28.6. The fourth-order valence-corrected chi connectivity index (χ4v) is 7.02. The minimum absolute atomic E-state index is 0.120. The standard InChI is InChI=1S/C38H37Cl2N7O/c1-24(25-11-13-27(39)14-12-25)47-23-42-34(26-8-5-4-6-9-26)36(47)33-30-16-15-28(40)22-32(30)43-35(33)38(48)44-31-10-7-19-41-37(31)46-20-17-29(18-21-46)45(2)3/h4-16,19,22-24,29,43H,17-18,20-21H2,1-3H3,(H,44,48). The lowest BCUT2D eigenvalue weighted by molar-refractivity contribution is 0.102. The molecule has 1 atom stereocenters. The van der Waals surface area contributed by atoms with Gasteiger partial charge in [0.1, 0.15) is 5.69 Å². The van der Waals surface area contributed by atoms with Gasteiger partial charge in [-0.25, -0.2) is 9.97 Å². The van der Waals surface area contributed by atoms with Crippen LogP contribution in [0, 0.1) is 0 Å². The molecule has 0 aliphatic carbocycles. The summed E-state index contributed by atoms with van der Waals surface area (Å²) in [5, 5.41) is 5.33. The Balaban J connectivity index is 1.35. The summed E-state index contributed by atoms with van der Waals surface area (Å²) in [6.45, 7) is 3.85. The van der Waals surface area contributed by atoms with Crippen molar-refractivity contribution in [3.8, 4) is 22.5 Å². The van der Waals surface area contributed by atoms with Gasteiger partial charge in [0.2, 0.25) is 0 Å². The van der Waals surface area contributed by atoms with Crippen LogP contribution in [0.25, 0.3) is 33.4 Å². The highest BCUT2D eigenvalue weighted by molar-refractivity contribution is 6.31. The van der Waals surface area contributed by atoms with Crippen LogP contribution in [0.4, 0.5) is 11.5 Å². The van der Waals surface area contributed by atoms with Gasteiger partial charge in [-0.2, -0.15) is 0 Å². The second kappa shape index (κ2) is 13.5. The van der Waals surface area contributed by atoms with Crippen LogP contribution in [0.1, 0.15) is 41.9 Å². The molecule has 1 aliphatic rings. The number of pyridine rings is 1. The molecule has 10 heteroatoms. The van der Waals surface area contributed by atoms with Crippen LogP contribution in [0.3, 0.4) is 0 Å². The summed E-state index contributed by atoms with van der Waals surface area (Å²) in [6, 6.07) is 27.7. The molecule has 3 aromatic heterocycles. The zero-order chi connectivity index (χ0) is 33.4. The van der Waals surface area contributed by atoms with E-state index in [1.807, 2.05) is 91.3 Å². The van der Waals surface area contributed by atoms with E-state index in [4.69, 9.17) is 33.2 Å². The number of H-pyrrole nitrogens is 1. The summed E-state index contributed by atoms with van der Waals surface area (Å²) < 4.78 is 2.13. The first-order valence-corrected chi connectivity index (χ1v) is 16.9. The van der Waals surface area contributed by atoms with E-state index in [2.05, 4.69) is 45.7 Å². The fraction of sp³-hybridized carbons (Fsp3) is 0.237. The van der Waals surface area contributed by atoms with Crippen molar-refractivity contribution in [2.45, 2.75) is 31.8 Å². The van der Waals surface area contributed by atoms with Gasteiger partial charge in [-0.15, -0.1) is 0 Å². The molecular weight excluding hydrogens is 641 g/mol. The molecule has 0 saturated carbocycles. The van der Waals surface area contributed by atoms with Crippen molar-refractivity contribution in [2.24, 2.45) is 0 Å².